The summed E-state index contributed by atoms with van der Waals surface area (Å²) in [4.78, 5) is 0. The van der Waals surface area contributed by atoms with Gasteiger partial charge in [-0.1, -0.05) is 12.1 Å². The van der Waals surface area contributed by atoms with Crippen molar-refractivity contribution in [3.8, 4) is 5.75 Å². The number of piperidine rings is 1. The van der Waals surface area contributed by atoms with E-state index >= 15 is 0 Å². The molecule has 0 amide bonds. The number of nitrogens with one attached hydrogen (secondary N) is 1. The standard InChI is InChI=1S/C17H25NO/c1-13-6-4-10-16(19-15-8-2-3-9-15)17(13)14-7-5-11-18-12-14/h4,6,10,14-15,18H,2-3,5,7-9,11-12H2,1H3. The number of benzene rings is 1. The molecule has 3 rings (SSSR count). The third-order valence-corrected chi connectivity index (χ3v) is 4.59. The SMILES string of the molecule is Cc1cccc(OC2CCCC2)c1C1CCCNC1. The van der Waals surface area contributed by atoms with Crippen molar-refractivity contribution in [2.75, 3.05) is 13.1 Å². The molecule has 2 nitrogen and oxygen atoms in total. The second-order valence-corrected chi connectivity index (χ2v) is 6.05. The Morgan fingerprint density at radius 1 is 1.11 bits per heavy atom. The quantitative estimate of drug-likeness (QED) is 0.892. The van der Waals surface area contributed by atoms with Crippen LogP contribution in [0.15, 0.2) is 18.2 Å². The van der Waals surface area contributed by atoms with E-state index in [1.807, 2.05) is 0 Å². The van der Waals surface area contributed by atoms with Gasteiger partial charge in [-0.25, -0.2) is 0 Å². The van der Waals surface area contributed by atoms with Crippen molar-refractivity contribution in [3.63, 3.8) is 0 Å². The van der Waals surface area contributed by atoms with Crippen molar-refractivity contribution >= 4 is 0 Å². The Morgan fingerprint density at radius 3 is 2.68 bits per heavy atom. The molecule has 1 saturated heterocycles. The minimum atomic E-state index is 0.456. The molecule has 2 heteroatoms. The zero-order valence-electron chi connectivity index (χ0n) is 12.0. The van der Waals surface area contributed by atoms with E-state index in [-0.39, 0.29) is 0 Å². The average molecular weight is 259 g/mol. The molecular weight excluding hydrogens is 234 g/mol. The van der Waals surface area contributed by atoms with E-state index in [2.05, 4.69) is 30.4 Å². The lowest BCUT2D eigenvalue weighted by atomic mass is 9.88. The summed E-state index contributed by atoms with van der Waals surface area (Å²) in [6, 6.07) is 6.54. The maximum Gasteiger partial charge on any atom is 0.123 e. The first-order valence-corrected chi connectivity index (χ1v) is 7.81. The highest BCUT2D eigenvalue weighted by Gasteiger charge is 2.23. The van der Waals surface area contributed by atoms with Crippen molar-refractivity contribution < 1.29 is 4.74 Å². The summed E-state index contributed by atoms with van der Waals surface area (Å²) in [7, 11) is 0. The van der Waals surface area contributed by atoms with Gasteiger partial charge in [0.25, 0.3) is 0 Å². The van der Waals surface area contributed by atoms with Crippen molar-refractivity contribution in [1.29, 1.82) is 0 Å². The van der Waals surface area contributed by atoms with Crippen molar-refractivity contribution in [2.24, 2.45) is 0 Å². The van der Waals surface area contributed by atoms with E-state index in [0.717, 1.165) is 12.3 Å². The smallest absolute Gasteiger partial charge is 0.123 e. The van der Waals surface area contributed by atoms with Gasteiger partial charge in [0.05, 0.1) is 6.10 Å². The van der Waals surface area contributed by atoms with Crippen LogP contribution in [0, 0.1) is 6.92 Å². The number of aryl methyl sites for hydroxylation is 1. The van der Waals surface area contributed by atoms with Gasteiger partial charge in [0, 0.05) is 18.0 Å². The predicted molar refractivity (Wildman–Crippen MR) is 78.9 cm³/mol. The van der Waals surface area contributed by atoms with Crippen LogP contribution in [-0.2, 0) is 0 Å². The Hall–Kier alpha value is -1.02. The molecule has 0 aromatic heterocycles. The number of hydrogen-bond donors (Lipinski definition) is 1. The fourth-order valence-electron chi connectivity index (χ4n) is 3.56. The molecule has 1 aromatic carbocycles. The molecule has 0 radical (unpaired) electrons. The first-order chi connectivity index (χ1) is 9.34. The zero-order valence-corrected chi connectivity index (χ0v) is 12.0. The van der Waals surface area contributed by atoms with E-state index in [1.54, 1.807) is 0 Å². The summed E-state index contributed by atoms with van der Waals surface area (Å²) in [6.45, 7) is 4.50. The van der Waals surface area contributed by atoms with Crippen LogP contribution in [0.3, 0.4) is 0 Å². The number of rotatable bonds is 3. The fraction of sp³-hybridized carbons (Fsp3) is 0.647. The number of ether oxygens (including phenoxy) is 1. The van der Waals surface area contributed by atoms with Crippen LogP contribution in [0.4, 0.5) is 0 Å². The van der Waals surface area contributed by atoms with Gasteiger partial charge in [0.1, 0.15) is 5.75 Å². The fourth-order valence-corrected chi connectivity index (χ4v) is 3.56. The van der Waals surface area contributed by atoms with Crippen molar-refractivity contribution in [3.05, 3.63) is 29.3 Å². The van der Waals surface area contributed by atoms with Gasteiger partial charge in [-0.3, -0.25) is 0 Å². The third kappa shape index (κ3) is 2.94. The van der Waals surface area contributed by atoms with E-state index in [9.17, 15) is 0 Å². The summed E-state index contributed by atoms with van der Waals surface area (Å²) < 4.78 is 6.31. The highest BCUT2D eigenvalue weighted by Crippen LogP contribution is 2.35. The molecule has 1 aliphatic carbocycles. The minimum absolute atomic E-state index is 0.456. The maximum absolute atomic E-state index is 6.31. The van der Waals surface area contributed by atoms with E-state index in [4.69, 9.17) is 4.74 Å². The van der Waals surface area contributed by atoms with Crippen LogP contribution in [0.5, 0.6) is 5.75 Å². The topological polar surface area (TPSA) is 21.3 Å². The second kappa shape index (κ2) is 5.96. The summed E-state index contributed by atoms with van der Waals surface area (Å²) >= 11 is 0. The van der Waals surface area contributed by atoms with Crippen LogP contribution in [0.25, 0.3) is 0 Å². The lowest BCUT2D eigenvalue weighted by Crippen LogP contribution is -2.29. The Balaban J connectivity index is 1.83. The Labute approximate surface area is 116 Å². The molecule has 19 heavy (non-hydrogen) atoms. The second-order valence-electron chi connectivity index (χ2n) is 6.05. The molecule has 1 unspecified atom stereocenters. The largest absolute Gasteiger partial charge is 0.490 e. The third-order valence-electron chi connectivity index (χ3n) is 4.59. The maximum atomic E-state index is 6.31. The predicted octanol–water partition coefficient (Wildman–Crippen LogP) is 3.78. The molecule has 1 saturated carbocycles. The van der Waals surface area contributed by atoms with Crippen LogP contribution >= 0.6 is 0 Å². The van der Waals surface area contributed by atoms with Crippen molar-refractivity contribution in [1.82, 2.24) is 5.32 Å². The summed E-state index contributed by atoms with van der Waals surface area (Å²) in [6.07, 6.45) is 8.15. The molecule has 1 aliphatic heterocycles. The van der Waals surface area contributed by atoms with Gasteiger partial charge >= 0.3 is 0 Å². The van der Waals surface area contributed by atoms with Gasteiger partial charge in [0.15, 0.2) is 0 Å². The van der Waals surface area contributed by atoms with Crippen LogP contribution < -0.4 is 10.1 Å². The molecule has 0 spiro atoms. The molecule has 1 N–H and O–H groups in total. The molecule has 1 aromatic rings. The lowest BCUT2D eigenvalue weighted by Gasteiger charge is -2.27. The average Bonchev–Trinajstić information content (AvgIpc) is 2.93. The van der Waals surface area contributed by atoms with Gasteiger partial charge in [-0.05, 0) is 63.6 Å². The molecule has 104 valence electrons. The molecular formula is C17H25NO. The van der Waals surface area contributed by atoms with E-state index < -0.39 is 0 Å². The summed E-state index contributed by atoms with van der Waals surface area (Å²) in [5.74, 6) is 1.78. The molecule has 1 atom stereocenters. The van der Waals surface area contributed by atoms with Gasteiger partial charge in [0.2, 0.25) is 0 Å². The van der Waals surface area contributed by atoms with E-state index in [0.29, 0.717) is 12.0 Å². The first-order valence-electron chi connectivity index (χ1n) is 7.81. The molecule has 2 aliphatic rings. The normalized spacial score (nSPS) is 24.6. The zero-order chi connectivity index (χ0) is 13.1. The summed E-state index contributed by atoms with van der Waals surface area (Å²) in [5, 5.41) is 3.53. The minimum Gasteiger partial charge on any atom is -0.490 e. The Bertz CT molecular complexity index is 417. The van der Waals surface area contributed by atoms with Gasteiger partial charge < -0.3 is 10.1 Å². The van der Waals surface area contributed by atoms with Crippen LogP contribution in [-0.4, -0.2) is 19.2 Å². The lowest BCUT2D eigenvalue weighted by molar-refractivity contribution is 0.206. The number of hydrogen-bond acceptors (Lipinski definition) is 2. The highest BCUT2D eigenvalue weighted by atomic mass is 16.5. The Kier molecular flexibility index (Phi) is 4.07. The molecule has 1 heterocycles. The van der Waals surface area contributed by atoms with E-state index in [1.165, 1.54) is 56.2 Å². The molecule has 2 fully saturated rings. The van der Waals surface area contributed by atoms with Crippen molar-refractivity contribution in [2.45, 2.75) is 57.5 Å². The molecule has 0 bridgehead atoms. The van der Waals surface area contributed by atoms with Gasteiger partial charge in [-0.15, -0.1) is 0 Å². The summed E-state index contributed by atoms with van der Waals surface area (Å²) in [5.41, 5.74) is 2.85. The van der Waals surface area contributed by atoms with Crippen LogP contribution in [0.1, 0.15) is 55.6 Å². The highest BCUT2D eigenvalue weighted by molar-refractivity contribution is 5.43. The van der Waals surface area contributed by atoms with Gasteiger partial charge in [-0.2, -0.15) is 0 Å². The first kappa shape index (κ1) is 13.0. The monoisotopic (exact) mass is 259 g/mol. The van der Waals surface area contributed by atoms with Crippen LogP contribution in [0.2, 0.25) is 0 Å². The Morgan fingerprint density at radius 2 is 1.95 bits per heavy atom.